The Morgan fingerprint density at radius 3 is 3.00 bits per heavy atom. The molecule has 0 spiro atoms. The molecule has 1 fully saturated rings. The zero-order chi connectivity index (χ0) is 11.1. The maximum atomic E-state index is 10.1. The summed E-state index contributed by atoms with van der Waals surface area (Å²) in [4.78, 5) is 0. The Morgan fingerprint density at radius 2 is 2.47 bits per heavy atom. The molecule has 0 saturated carbocycles. The van der Waals surface area contributed by atoms with Crippen LogP contribution in [0, 0.1) is 0 Å². The molecule has 1 heterocycles. The first-order valence-corrected chi connectivity index (χ1v) is 5.84. The van der Waals surface area contributed by atoms with Crippen LogP contribution < -0.4 is 5.32 Å². The van der Waals surface area contributed by atoms with E-state index in [1.807, 2.05) is 6.08 Å². The van der Waals surface area contributed by atoms with Crippen LogP contribution in [0.5, 0.6) is 0 Å². The molecule has 88 valence electrons. The molecule has 0 aromatic heterocycles. The van der Waals surface area contributed by atoms with Crippen molar-refractivity contribution in [1.29, 1.82) is 0 Å². The topological polar surface area (TPSA) is 41.5 Å². The Labute approximate surface area is 92.5 Å². The minimum atomic E-state index is -0.637. The van der Waals surface area contributed by atoms with Crippen LogP contribution in [0.1, 0.15) is 32.6 Å². The third-order valence-corrected chi connectivity index (χ3v) is 3.01. The molecule has 1 aliphatic rings. The van der Waals surface area contributed by atoms with E-state index in [0.717, 1.165) is 25.7 Å². The smallest absolute Gasteiger partial charge is 0.102 e. The average molecular weight is 213 g/mol. The van der Waals surface area contributed by atoms with Crippen LogP contribution in [-0.4, -0.2) is 36.5 Å². The minimum Gasteiger partial charge on any atom is -0.386 e. The lowest BCUT2D eigenvalue weighted by Crippen LogP contribution is -2.44. The van der Waals surface area contributed by atoms with Crippen LogP contribution in [0.15, 0.2) is 12.7 Å². The standard InChI is InChI=1S/C12H23NO2/c1-3-5-6-11(4-2)13-9-12(14)7-8-15-10-12/h3,11,13-14H,1,4-10H2,2H3. The summed E-state index contributed by atoms with van der Waals surface area (Å²) < 4.78 is 5.20. The normalized spacial score (nSPS) is 27.9. The molecular weight excluding hydrogens is 190 g/mol. The quantitative estimate of drug-likeness (QED) is 0.629. The fourth-order valence-electron chi connectivity index (χ4n) is 1.84. The zero-order valence-corrected chi connectivity index (χ0v) is 9.67. The summed E-state index contributed by atoms with van der Waals surface area (Å²) in [5.41, 5.74) is -0.637. The third-order valence-electron chi connectivity index (χ3n) is 3.01. The molecule has 3 nitrogen and oxygen atoms in total. The fraction of sp³-hybridized carbons (Fsp3) is 0.833. The monoisotopic (exact) mass is 213 g/mol. The van der Waals surface area contributed by atoms with Gasteiger partial charge in [0.05, 0.1) is 6.61 Å². The van der Waals surface area contributed by atoms with Gasteiger partial charge in [0.25, 0.3) is 0 Å². The molecule has 3 heteroatoms. The number of ether oxygens (including phenoxy) is 1. The van der Waals surface area contributed by atoms with Gasteiger partial charge in [-0.05, 0) is 19.3 Å². The lowest BCUT2D eigenvalue weighted by atomic mass is 10.0. The maximum Gasteiger partial charge on any atom is 0.102 e. The number of nitrogens with one attached hydrogen (secondary N) is 1. The summed E-state index contributed by atoms with van der Waals surface area (Å²) in [5, 5.41) is 13.5. The van der Waals surface area contributed by atoms with Gasteiger partial charge in [-0.25, -0.2) is 0 Å². The Kier molecular flexibility index (Phi) is 5.29. The summed E-state index contributed by atoms with van der Waals surface area (Å²) in [6.07, 6.45) is 5.90. The highest BCUT2D eigenvalue weighted by Crippen LogP contribution is 2.17. The molecule has 15 heavy (non-hydrogen) atoms. The van der Waals surface area contributed by atoms with E-state index < -0.39 is 5.60 Å². The van der Waals surface area contributed by atoms with Gasteiger partial charge in [-0.15, -0.1) is 6.58 Å². The molecule has 0 bridgehead atoms. The van der Waals surface area contributed by atoms with Gasteiger partial charge in [0.1, 0.15) is 5.60 Å². The minimum absolute atomic E-state index is 0.470. The van der Waals surface area contributed by atoms with Gasteiger partial charge < -0.3 is 15.2 Å². The molecule has 1 aliphatic heterocycles. The SMILES string of the molecule is C=CCCC(CC)NCC1(O)CCOC1. The van der Waals surface area contributed by atoms with Crippen molar-refractivity contribution < 1.29 is 9.84 Å². The van der Waals surface area contributed by atoms with Crippen molar-refractivity contribution in [1.82, 2.24) is 5.32 Å². The first-order valence-electron chi connectivity index (χ1n) is 5.84. The molecule has 0 aromatic carbocycles. The van der Waals surface area contributed by atoms with Crippen LogP contribution in [0.25, 0.3) is 0 Å². The summed E-state index contributed by atoms with van der Waals surface area (Å²) in [6, 6.07) is 0.479. The number of allylic oxidation sites excluding steroid dienone is 1. The molecular formula is C12H23NO2. The highest BCUT2D eigenvalue weighted by Gasteiger charge is 2.32. The van der Waals surface area contributed by atoms with Crippen molar-refractivity contribution in [2.45, 2.75) is 44.2 Å². The molecule has 0 aromatic rings. The first kappa shape index (κ1) is 12.7. The summed E-state index contributed by atoms with van der Waals surface area (Å²) in [6.45, 7) is 7.68. The number of aliphatic hydroxyl groups is 1. The average Bonchev–Trinajstić information content (AvgIpc) is 2.66. The second-order valence-electron chi connectivity index (χ2n) is 4.38. The van der Waals surface area contributed by atoms with Crippen molar-refractivity contribution in [2.24, 2.45) is 0 Å². The van der Waals surface area contributed by atoms with E-state index in [2.05, 4.69) is 18.8 Å². The second-order valence-corrected chi connectivity index (χ2v) is 4.38. The number of rotatable bonds is 7. The molecule has 1 saturated heterocycles. The molecule has 2 N–H and O–H groups in total. The van der Waals surface area contributed by atoms with E-state index in [0.29, 0.717) is 25.8 Å². The lowest BCUT2D eigenvalue weighted by Gasteiger charge is -2.24. The number of hydrogen-bond acceptors (Lipinski definition) is 3. The fourth-order valence-corrected chi connectivity index (χ4v) is 1.84. The predicted octanol–water partition coefficient (Wildman–Crippen LogP) is 1.47. The molecule has 2 atom stereocenters. The van der Waals surface area contributed by atoms with Gasteiger partial charge in [0, 0.05) is 25.6 Å². The summed E-state index contributed by atoms with van der Waals surface area (Å²) >= 11 is 0. The van der Waals surface area contributed by atoms with Crippen molar-refractivity contribution in [3.05, 3.63) is 12.7 Å². The third kappa shape index (κ3) is 4.33. The highest BCUT2D eigenvalue weighted by atomic mass is 16.5. The van der Waals surface area contributed by atoms with E-state index in [1.165, 1.54) is 0 Å². The Balaban J connectivity index is 2.23. The van der Waals surface area contributed by atoms with E-state index in [9.17, 15) is 5.11 Å². The van der Waals surface area contributed by atoms with Gasteiger partial charge >= 0.3 is 0 Å². The maximum absolute atomic E-state index is 10.1. The Morgan fingerprint density at radius 1 is 1.67 bits per heavy atom. The molecule has 0 radical (unpaired) electrons. The van der Waals surface area contributed by atoms with Crippen LogP contribution in [-0.2, 0) is 4.74 Å². The Bertz CT molecular complexity index is 188. The molecule has 0 amide bonds. The van der Waals surface area contributed by atoms with E-state index in [4.69, 9.17) is 4.74 Å². The highest BCUT2D eigenvalue weighted by molar-refractivity contribution is 4.86. The zero-order valence-electron chi connectivity index (χ0n) is 9.67. The van der Waals surface area contributed by atoms with Gasteiger partial charge in [0.2, 0.25) is 0 Å². The second kappa shape index (κ2) is 6.26. The van der Waals surface area contributed by atoms with Gasteiger partial charge in [0.15, 0.2) is 0 Å². The van der Waals surface area contributed by atoms with Crippen molar-refractivity contribution in [3.63, 3.8) is 0 Å². The van der Waals surface area contributed by atoms with Crippen molar-refractivity contribution >= 4 is 0 Å². The van der Waals surface area contributed by atoms with Crippen LogP contribution in [0.2, 0.25) is 0 Å². The largest absolute Gasteiger partial charge is 0.386 e. The van der Waals surface area contributed by atoms with Crippen molar-refractivity contribution in [2.75, 3.05) is 19.8 Å². The van der Waals surface area contributed by atoms with Crippen LogP contribution in [0.3, 0.4) is 0 Å². The van der Waals surface area contributed by atoms with Crippen molar-refractivity contribution in [3.8, 4) is 0 Å². The van der Waals surface area contributed by atoms with E-state index in [1.54, 1.807) is 0 Å². The predicted molar refractivity (Wildman–Crippen MR) is 61.9 cm³/mol. The van der Waals surface area contributed by atoms with Gasteiger partial charge in [-0.1, -0.05) is 13.0 Å². The summed E-state index contributed by atoms with van der Waals surface area (Å²) in [5.74, 6) is 0. The van der Waals surface area contributed by atoms with Crippen LogP contribution >= 0.6 is 0 Å². The molecule has 0 aliphatic carbocycles. The lowest BCUT2D eigenvalue weighted by molar-refractivity contribution is 0.0245. The molecule has 1 rings (SSSR count). The molecule has 2 unspecified atom stereocenters. The Hall–Kier alpha value is -0.380. The summed E-state index contributed by atoms with van der Waals surface area (Å²) in [7, 11) is 0. The van der Waals surface area contributed by atoms with E-state index >= 15 is 0 Å². The van der Waals surface area contributed by atoms with Gasteiger partial charge in [-0.2, -0.15) is 0 Å². The van der Waals surface area contributed by atoms with E-state index in [-0.39, 0.29) is 0 Å². The first-order chi connectivity index (χ1) is 7.20. The van der Waals surface area contributed by atoms with Gasteiger partial charge in [-0.3, -0.25) is 0 Å². The van der Waals surface area contributed by atoms with Crippen LogP contribution in [0.4, 0.5) is 0 Å². The number of hydrogen-bond donors (Lipinski definition) is 2.